The molecule has 2 aliphatic rings. The number of carbonyl (C=O) groups excluding carboxylic acids is 1. The van der Waals surface area contributed by atoms with Crippen LogP contribution in [0.4, 0.5) is 18.9 Å². The lowest BCUT2D eigenvalue weighted by Gasteiger charge is -2.29. The Balaban J connectivity index is 1.45. The van der Waals surface area contributed by atoms with E-state index in [0.717, 1.165) is 61.6 Å². The van der Waals surface area contributed by atoms with Crippen molar-refractivity contribution in [2.75, 3.05) is 50.8 Å². The molecule has 0 bridgehead atoms. The first-order chi connectivity index (χ1) is 16.3. The van der Waals surface area contributed by atoms with Crippen LogP contribution < -0.4 is 10.2 Å². The molecule has 0 saturated carbocycles. The van der Waals surface area contributed by atoms with Gasteiger partial charge in [0.05, 0.1) is 24.3 Å². The lowest BCUT2D eigenvalue weighted by Crippen LogP contribution is -2.36. The highest BCUT2D eigenvalue weighted by Gasteiger charge is 2.39. The third-order valence-corrected chi connectivity index (χ3v) is 7.44. The van der Waals surface area contributed by atoms with Crippen LogP contribution in [-0.4, -0.2) is 61.7 Å². The van der Waals surface area contributed by atoms with Crippen LogP contribution >= 0.6 is 11.3 Å². The minimum absolute atomic E-state index is 0.352. The maximum atomic E-state index is 13.7. The molecule has 0 aliphatic carbocycles. The Morgan fingerprint density at radius 3 is 2.62 bits per heavy atom. The second-order valence-electron chi connectivity index (χ2n) is 8.82. The van der Waals surface area contributed by atoms with Crippen molar-refractivity contribution in [3.8, 4) is 0 Å². The van der Waals surface area contributed by atoms with Gasteiger partial charge >= 0.3 is 6.18 Å². The van der Waals surface area contributed by atoms with Crippen LogP contribution in [-0.2, 0) is 17.3 Å². The Labute approximate surface area is 202 Å². The standard InChI is InChI=1S/C24H31F3N4O2S/c1-17(18-6-5-7-19(16-18)31-12-14-33-15-13-31)28-23(32)21-22(24(25,26)27)29-20(34-21)8-11-30-9-3-2-4-10-30/h5-7,16-17H,2-4,8-15H2,1H3,(H,28,32). The Morgan fingerprint density at radius 2 is 1.91 bits per heavy atom. The maximum absolute atomic E-state index is 13.7. The lowest BCUT2D eigenvalue weighted by atomic mass is 10.1. The molecule has 10 heteroatoms. The number of carbonyl (C=O) groups is 1. The number of nitrogens with one attached hydrogen (secondary N) is 1. The molecular weight excluding hydrogens is 465 g/mol. The number of ether oxygens (including phenoxy) is 1. The topological polar surface area (TPSA) is 57.7 Å². The van der Waals surface area contributed by atoms with Crippen molar-refractivity contribution in [3.05, 3.63) is 45.4 Å². The second kappa shape index (κ2) is 11.0. The smallest absolute Gasteiger partial charge is 0.378 e. The average molecular weight is 497 g/mol. The first-order valence-electron chi connectivity index (χ1n) is 11.8. The van der Waals surface area contributed by atoms with Crippen molar-refractivity contribution in [1.29, 1.82) is 0 Å². The van der Waals surface area contributed by atoms with Gasteiger partial charge in [0.25, 0.3) is 5.91 Å². The summed E-state index contributed by atoms with van der Waals surface area (Å²) in [7, 11) is 0. The molecule has 2 saturated heterocycles. The number of nitrogens with zero attached hydrogens (tertiary/aromatic N) is 3. The molecule has 1 atom stereocenters. The minimum atomic E-state index is -4.67. The largest absolute Gasteiger partial charge is 0.435 e. The summed E-state index contributed by atoms with van der Waals surface area (Å²) >= 11 is 0.854. The zero-order chi connectivity index (χ0) is 24.1. The number of benzene rings is 1. The Morgan fingerprint density at radius 1 is 1.18 bits per heavy atom. The van der Waals surface area contributed by atoms with Crippen LogP contribution in [0.1, 0.15) is 58.2 Å². The molecule has 186 valence electrons. The lowest BCUT2D eigenvalue weighted by molar-refractivity contribution is -0.141. The molecular formula is C24H31F3N4O2S. The molecule has 2 fully saturated rings. The predicted octanol–water partition coefficient (Wildman–Crippen LogP) is 4.52. The average Bonchev–Trinajstić information content (AvgIpc) is 3.29. The molecule has 1 amide bonds. The number of amides is 1. The van der Waals surface area contributed by atoms with Crippen LogP contribution in [0.25, 0.3) is 0 Å². The van der Waals surface area contributed by atoms with Crippen LogP contribution in [0.3, 0.4) is 0 Å². The van der Waals surface area contributed by atoms with E-state index in [0.29, 0.717) is 31.2 Å². The van der Waals surface area contributed by atoms with Crippen LogP contribution in [0.5, 0.6) is 0 Å². The highest BCUT2D eigenvalue weighted by molar-refractivity contribution is 7.13. The minimum Gasteiger partial charge on any atom is -0.378 e. The van der Waals surface area contributed by atoms with E-state index >= 15 is 0 Å². The number of aromatic nitrogens is 1. The summed E-state index contributed by atoms with van der Waals surface area (Å²) in [5.74, 6) is -0.738. The van der Waals surface area contributed by atoms with E-state index in [1.165, 1.54) is 6.42 Å². The number of hydrogen-bond acceptors (Lipinski definition) is 6. The van der Waals surface area contributed by atoms with Gasteiger partial charge in [-0.25, -0.2) is 4.98 Å². The summed E-state index contributed by atoms with van der Waals surface area (Å²) in [4.78, 5) is 20.8. The summed E-state index contributed by atoms with van der Waals surface area (Å²) < 4.78 is 46.4. The highest BCUT2D eigenvalue weighted by atomic mass is 32.1. The molecule has 2 aliphatic heterocycles. The van der Waals surface area contributed by atoms with Crippen molar-refractivity contribution in [2.45, 2.75) is 44.8 Å². The summed E-state index contributed by atoms with van der Waals surface area (Å²) in [5.41, 5.74) is 0.759. The fraction of sp³-hybridized carbons (Fsp3) is 0.583. The summed E-state index contributed by atoms with van der Waals surface area (Å²) in [6.07, 6.45) is -0.831. The quantitative estimate of drug-likeness (QED) is 0.611. The maximum Gasteiger partial charge on any atom is 0.435 e. The monoisotopic (exact) mass is 496 g/mol. The third kappa shape index (κ3) is 6.28. The number of morpholine rings is 1. The number of likely N-dealkylation sites (tertiary alicyclic amines) is 1. The number of halogens is 3. The van der Waals surface area contributed by atoms with Crippen molar-refractivity contribution in [3.63, 3.8) is 0 Å². The van der Waals surface area contributed by atoms with Gasteiger partial charge in [-0.15, -0.1) is 11.3 Å². The van der Waals surface area contributed by atoms with Gasteiger partial charge in [-0.1, -0.05) is 18.6 Å². The van der Waals surface area contributed by atoms with Gasteiger partial charge in [-0.2, -0.15) is 13.2 Å². The van der Waals surface area contributed by atoms with Crippen molar-refractivity contribution in [2.24, 2.45) is 0 Å². The molecule has 2 aromatic rings. The van der Waals surface area contributed by atoms with Gasteiger partial charge in [-0.3, -0.25) is 4.79 Å². The van der Waals surface area contributed by atoms with E-state index < -0.39 is 23.8 Å². The molecule has 0 spiro atoms. The number of rotatable bonds is 7. The van der Waals surface area contributed by atoms with Gasteiger partial charge < -0.3 is 19.9 Å². The third-order valence-electron chi connectivity index (χ3n) is 6.33. The SMILES string of the molecule is CC(NC(=O)c1sc(CCN2CCCCC2)nc1C(F)(F)F)c1cccc(N2CCOCC2)c1. The Bertz CT molecular complexity index is 969. The van der Waals surface area contributed by atoms with Gasteiger partial charge in [0.15, 0.2) is 5.69 Å². The number of thiazole rings is 1. The number of alkyl halides is 3. The van der Waals surface area contributed by atoms with Gasteiger partial charge in [0.2, 0.25) is 0 Å². The summed E-state index contributed by atoms with van der Waals surface area (Å²) in [6, 6.07) is 7.28. The van der Waals surface area contributed by atoms with E-state index in [1.54, 1.807) is 6.92 Å². The predicted molar refractivity (Wildman–Crippen MR) is 126 cm³/mol. The van der Waals surface area contributed by atoms with Gasteiger partial charge in [-0.05, 0) is 50.6 Å². The zero-order valence-corrected chi connectivity index (χ0v) is 20.2. The van der Waals surface area contributed by atoms with Gasteiger partial charge in [0.1, 0.15) is 4.88 Å². The second-order valence-corrected chi connectivity index (χ2v) is 9.91. The molecule has 6 nitrogen and oxygen atoms in total. The molecule has 1 aromatic heterocycles. The van der Waals surface area contributed by atoms with E-state index in [2.05, 4.69) is 20.1 Å². The van der Waals surface area contributed by atoms with E-state index in [1.807, 2.05) is 24.3 Å². The fourth-order valence-corrected chi connectivity index (χ4v) is 5.39. The van der Waals surface area contributed by atoms with E-state index in [4.69, 9.17) is 4.74 Å². The van der Waals surface area contributed by atoms with Crippen LogP contribution in [0.15, 0.2) is 24.3 Å². The molecule has 0 radical (unpaired) electrons. The van der Waals surface area contributed by atoms with Crippen LogP contribution in [0, 0.1) is 0 Å². The first kappa shape index (κ1) is 24.9. The van der Waals surface area contributed by atoms with Crippen LogP contribution in [0.2, 0.25) is 0 Å². The number of anilines is 1. The molecule has 34 heavy (non-hydrogen) atoms. The van der Waals surface area contributed by atoms with Crippen molar-refractivity contribution in [1.82, 2.24) is 15.2 Å². The summed E-state index contributed by atoms with van der Waals surface area (Å²) in [6.45, 7) is 7.24. The normalized spacial score (nSPS) is 18.6. The number of piperidine rings is 1. The fourth-order valence-electron chi connectivity index (χ4n) is 4.41. The molecule has 1 unspecified atom stereocenters. The van der Waals surface area contributed by atoms with Gasteiger partial charge in [0, 0.05) is 31.7 Å². The zero-order valence-electron chi connectivity index (χ0n) is 19.4. The highest BCUT2D eigenvalue weighted by Crippen LogP contribution is 2.35. The molecule has 1 N–H and O–H groups in total. The Hall–Kier alpha value is -2.17. The van der Waals surface area contributed by atoms with E-state index in [-0.39, 0.29) is 4.88 Å². The molecule has 3 heterocycles. The first-order valence-corrected chi connectivity index (χ1v) is 12.7. The number of hydrogen-bond donors (Lipinski definition) is 1. The van der Waals surface area contributed by atoms with E-state index in [9.17, 15) is 18.0 Å². The summed E-state index contributed by atoms with van der Waals surface area (Å²) in [5, 5.41) is 3.10. The molecule has 4 rings (SSSR count). The van der Waals surface area contributed by atoms with Crippen molar-refractivity contribution < 1.29 is 22.7 Å². The van der Waals surface area contributed by atoms with Crippen molar-refractivity contribution >= 4 is 22.9 Å². The molecule has 1 aromatic carbocycles. The Kier molecular flexibility index (Phi) is 8.10.